The topological polar surface area (TPSA) is 69.9 Å². The molecule has 6 nitrogen and oxygen atoms in total. The van der Waals surface area contributed by atoms with E-state index in [0.29, 0.717) is 47.1 Å². The molecular formula is C20H20ClNO5. The van der Waals surface area contributed by atoms with Crippen LogP contribution in [0, 0.1) is 0 Å². The fraction of sp³-hybridized carbons (Fsp3) is 0.250. The third-order valence-electron chi connectivity index (χ3n) is 4.05. The summed E-state index contributed by atoms with van der Waals surface area (Å²) in [5.41, 5.74) is 0.316. The number of hydrogen-bond donors (Lipinski definition) is 1. The third kappa shape index (κ3) is 4.53. The van der Waals surface area contributed by atoms with Crippen molar-refractivity contribution in [2.24, 2.45) is 0 Å². The van der Waals surface area contributed by atoms with Crippen molar-refractivity contribution in [1.29, 1.82) is 0 Å². The van der Waals surface area contributed by atoms with E-state index in [2.05, 4.69) is 0 Å². The summed E-state index contributed by atoms with van der Waals surface area (Å²) in [4.78, 5) is 12.1. The van der Waals surface area contributed by atoms with Crippen LogP contribution in [0.25, 0.3) is 10.9 Å². The van der Waals surface area contributed by atoms with Gasteiger partial charge in [-0.05, 0) is 24.3 Å². The van der Waals surface area contributed by atoms with Gasteiger partial charge in [0.2, 0.25) is 0 Å². The van der Waals surface area contributed by atoms with Crippen molar-refractivity contribution in [3.63, 3.8) is 0 Å². The van der Waals surface area contributed by atoms with Crippen LogP contribution in [0.15, 0.2) is 53.3 Å². The first kappa shape index (κ1) is 19.1. The largest absolute Gasteiger partial charge is 0.507 e. The van der Waals surface area contributed by atoms with Gasteiger partial charge < -0.3 is 19.3 Å². The minimum atomic E-state index is -0.313. The molecule has 0 unspecified atom stereocenters. The molecule has 3 rings (SSSR count). The highest BCUT2D eigenvalue weighted by atomic mass is 35.5. The molecule has 27 heavy (non-hydrogen) atoms. The lowest BCUT2D eigenvalue weighted by Crippen LogP contribution is -2.21. The monoisotopic (exact) mass is 389 g/mol. The van der Waals surface area contributed by atoms with Gasteiger partial charge in [-0.3, -0.25) is 9.36 Å². The number of para-hydroxylation sites is 1. The van der Waals surface area contributed by atoms with E-state index in [1.54, 1.807) is 43.5 Å². The molecule has 0 saturated heterocycles. The van der Waals surface area contributed by atoms with E-state index in [4.69, 9.17) is 25.8 Å². The molecule has 1 aromatic heterocycles. The van der Waals surface area contributed by atoms with E-state index in [0.717, 1.165) is 0 Å². The van der Waals surface area contributed by atoms with E-state index >= 15 is 0 Å². The van der Waals surface area contributed by atoms with E-state index in [1.165, 1.54) is 10.6 Å². The van der Waals surface area contributed by atoms with Crippen LogP contribution >= 0.6 is 11.6 Å². The summed E-state index contributed by atoms with van der Waals surface area (Å²) >= 11 is 6.12. The van der Waals surface area contributed by atoms with Gasteiger partial charge in [-0.1, -0.05) is 23.7 Å². The van der Waals surface area contributed by atoms with Gasteiger partial charge in [0, 0.05) is 23.9 Å². The van der Waals surface area contributed by atoms with Crippen LogP contribution in [0.4, 0.5) is 0 Å². The van der Waals surface area contributed by atoms with Gasteiger partial charge >= 0.3 is 0 Å². The van der Waals surface area contributed by atoms with Gasteiger partial charge in [0.1, 0.15) is 24.0 Å². The van der Waals surface area contributed by atoms with Crippen molar-refractivity contribution >= 4 is 22.5 Å². The van der Waals surface area contributed by atoms with Crippen LogP contribution in [0.3, 0.4) is 0 Å². The number of hydrogen-bond acceptors (Lipinski definition) is 5. The summed E-state index contributed by atoms with van der Waals surface area (Å²) in [5, 5.41) is 11.0. The lowest BCUT2D eigenvalue weighted by atomic mass is 10.2. The van der Waals surface area contributed by atoms with E-state index in [1.807, 2.05) is 6.07 Å². The van der Waals surface area contributed by atoms with Gasteiger partial charge in [-0.2, -0.15) is 0 Å². The maximum atomic E-state index is 12.1. The van der Waals surface area contributed by atoms with Crippen molar-refractivity contribution < 1.29 is 19.3 Å². The Morgan fingerprint density at radius 2 is 1.93 bits per heavy atom. The molecule has 0 fully saturated rings. The number of rotatable bonds is 8. The molecule has 0 spiro atoms. The number of ether oxygens (including phenoxy) is 3. The molecule has 0 saturated carbocycles. The molecule has 0 amide bonds. The lowest BCUT2D eigenvalue weighted by Gasteiger charge is -2.12. The van der Waals surface area contributed by atoms with Crippen molar-refractivity contribution in [2.45, 2.75) is 13.2 Å². The van der Waals surface area contributed by atoms with Crippen molar-refractivity contribution in [3.8, 4) is 17.2 Å². The van der Waals surface area contributed by atoms with E-state index in [9.17, 15) is 9.90 Å². The third-order valence-corrected chi connectivity index (χ3v) is 4.34. The molecule has 1 N–H and O–H groups in total. The summed E-state index contributed by atoms with van der Waals surface area (Å²) in [6, 6.07) is 13.6. The van der Waals surface area contributed by atoms with E-state index in [-0.39, 0.29) is 18.0 Å². The van der Waals surface area contributed by atoms with Crippen LogP contribution in [0.5, 0.6) is 17.2 Å². The molecule has 1 heterocycles. The summed E-state index contributed by atoms with van der Waals surface area (Å²) in [6.45, 7) is 0.940. The lowest BCUT2D eigenvalue weighted by molar-refractivity contribution is 0.0683. The zero-order valence-corrected chi connectivity index (χ0v) is 15.6. The Labute approximate surface area is 161 Å². The Morgan fingerprint density at radius 1 is 1.11 bits per heavy atom. The maximum Gasteiger partial charge on any atom is 0.256 e. The first-order valence-electron chi connectivity index (χ1n) is 8.46. The normalized spacial score (nSPS) is 10.9. The van der Waals surface area contributed by atoms with Crippen molar-refractivity contribution in [1.82, 2.24) is 4.57 Å². The Balaban J connectivity index is 1.51. The number of pyridine rings is 1. The molecule has 142 valence electrons. The van der Waals surface area contributed by atoms with Gasteiger partial charge in [-0.15, -0.1) is 0 Å². The Morgan fingerprint density at radius 3 is 2.70 bits per heavy atom. The molecule has 0 aliphatic carbocycles. The quantitative estimate of drug-likeness (QED) is 0.593. The number of aromatic nitrogens is 1. The van der Waals surface area contributed by atoms with E-state index < -0.39 is 0 Å². The summed E-state index contributed by atoms with van der Waals surface area (Å²) in [5.74, 6) is 1.22. The molecular weight excluding hydrogens is 370 g/mol. The Bertz CT molecular complexity index is 986. The average molecular weight is 390 g/mol. The number of fused-ring (bicyclic) bond motifs is 1. The summed E-state index contributed by atoms with van der Waals surface area (Å²) in [6.07, 6.45) is 0.632. The van der Waals surface area contributed by atoms with Crippen molar-refractivity contribution in [3.05, 3.63) is 63.9 Å². The molecule has 7 heteroatoms. The molecule has 0 bridgehead atoms. The number of benzene rings is 2. The second-order valence-corrected chi connectivity index (χ2v) is 6.26. The minimum absolute atomic E-state index is 0.0309. The predicted octanol–water partition coefficient (Wildman–Crippen LogP) is 3.81. The Kier molecular flexibility index (Phi) is 6.21. The van der Waals surface area contributed by atoms with Crippen LogP contribution in [-0.4, -0.2) is 30.0 Å². The first-order chi connectivity index (χ1) is 13.1. The van der Waals surface area contributed by atoms with Gasteiger partial charge in [0.25, 0.3) is 5.56 Å². The number of aromatic hydroxyl groups is 1. The van der Waals surface area contributed by atoms with Crippen LogP contribution in [0.1, 0.15) is 6.42 Å². The summed E-state index contributed by atoms with van der Waals surface area (Å²) in [7, 11) is 1.58. The molecule has 0 aliphatic rings. The molecule has 0 atom stereocenters. The maximum absolute atomic E-state index is 12.1. The smallest absolute Gasteiger partial charge is 0.256 e. The summed E-state index contributed by atoms with van der Waals surface area (Å²) < 4.78 is 17.8. The number of nitrogens with zero attached hydrogens (tertiary/aromatic N) is 1. The molecule has 0 radical (unpaired) electrons. The minimum Gasteiger partial charge on any atom is -0.507 e. The van der Waals surface area contributed by atoms with Gasteiger partial charge in [-0.25, -0.2) is 0 Å². The zero-order valence-electron chi connectivity index (χ0n) is 14.9. The standard InChI is InChI=1S/C20H20ClNO5/c1-25-14-7-8-19(16(21)11-14)27-10-4-9-26-13-22-17-6-3-2-5-15(17)18(23)12-20(22)24/h2-3,5-8,11-12,23H,4,9-10,13H2,1H3. The highest BCUT2D eigenvalue weighted by Gasteiger charge is 2.08. The van der Waals surface area contributed by atoms with Gasteiger partial charge in [0.15, 0.2) is 0 Å². The van der Waals surface area contributed by atoms with Crippen molar-refractivity contribution in [2.75, 3.05) is 20.3 Å². The highest BCUT2D eigenvalue weighted by molar-refractivity contribution is 6.32. The first-order valence-corrected chi connectivity index (χ1v) is 8.83. The number of methoxy groups -OCH3 is 1. The van der Waals surface area contributed by atoms with Gasteiger partial charge in [0.05, 0.1) is 30.9 Å². The fourth-order valence-electron chi connectivity index (χ4n) is 2.67. The molecule has 2 aromatic carbocycles. The Hall–Kier alpha value is -2.70. The SMILES string of the molecule is COc1ccc(OCCCOCn2c(=O)cc(O)c3ccccc32)c(Cl)c1. The highest BCUT2D eigenvalue weighted by Crippen LogP contribution is 2.28. The van der Waals surface area contributed by atoms with Crippen LogP contribution in [-0.2, 0) is 11.5 Å². The molecule has 0 aliphatic heterocycles. The molecule has 3 aromatic rings. The average Bonchev–Trinajstić information content (AvgIpc) is 2.67. The van der Waals surface area contributed by atoms with Crippen LogP contribution < -0.4 is 15.0 Å². The predicted molar refractivity (Wildman–Crippen MR) is 104 cm³/mol. The second-order valence-electron chi connectivity index (χ2n) is 5.85. The van der Waals surface area contributed by atoms with Crippen LogP contribution in [0.2, 0.25) is 5.02 Å². The second kappa shape index (κ2) is 8.79. The number of halogens is 1. The zero-order chi connectivity index (χ0) is 19.2. The fourth-order valence-corrected chi connectivity index (χ4v) is 2.90.